The molecule has 0 heterocycles. The SMILES string of the molecule is C#CCN(CCC)S(=O)(=O)c1cc(Cl)cc(CN)c1F. The molecule has 1 aromatic carbocycles. The minimum atomic E-state index is -4.04. The Kier molecular flexibility index (Phi) is 5.96. The quantitative estimate of drug-likeness (QED) is 0.816. The summed E-state index contributed by atoms with van der Waals surface area (Å²) >= 11 is 5.82. The molecule has 0 fully saturated rings. The molecule has 110 valence electrons. The molecule has 0 spiro atoms. The minimum Gasteiger partial charge on any atom is -0.326 e. The average Bonchev–Trinajstić information content (AvgIpc) is 2.40. The van der Waals surface area contributed by atoms with Crippen molar-refractivity contribution >= 4 is 21.6 Å². The van der Waals surface area contributed by atoms with Crippen LogP contribution >= 0.6 is 11.6 Å². The number of rotatable bonds is 6. The van der Waals surface area contributed by atoms with E-state index in [9.17, 15) is 12.8 Å². The molecule has 1 rings (SSSR count). The maximum atomic E-state index is 14.2. The molecule has 0 aliphatic heterocycles. The first-order chi connectivity index (χ1) is 9.38. The lowest BCUT2D eigenvalue weighted by Crippen LogP contribution is -2.33. The normalized spacial score (nSPS) is 11.6. The van der Waals surface area contributed by atoms with Crippen LogP contribution < -0.4 is 5.73 Å². The fraction of sp³-hybridized carbons (Fsp3) is 0.385. The van der Waals surface area contributed by atoms with Crippen molar-refractivity contribution in [2.75, 3.05) is 13.1 Å². The summed E-state index contributed by atoms with van der Waals surface area (Å²) in [6.07, 6.45) is 5.72. The Bertz CT molecular complexity index is 626. The number of hydrogen-bond acceptors (Lipinski definition) is 3. The van der Waals surface area contributed by atoms with Gasteiger partial charge < -0.3 is 5.73 Å². The molecule has 0 atom stereocenters. The molecular weight excluding hydrogens is 303 g/mol. The van der Waals surface area contributed by atoms with E-state index in [0.717, 1.165) is 10.4 Å². The number of terminal acetylenes is 1. The number of halogens is 2. The zero-order chi connectivity index (χ0) is 15.3. The maximum absolute atomic E-state index is 14.2. The Morgan fingerprint density at radius 2 is 2.15 bits per heavy atom. The molecule has 0 bridgehead atoms. The topological polar surface area (TPSA) is 63.4 Å². The number of hydrogen-bond donors (Lipinski definition) is 1. The molecule has 0 unspecified atom stereocenters. The molecule has 0 saturated heterocycles. The van der Waals surface area contributed by atoms with E-state index >= 15 is 0 Å². The van der Waals surface area contributed by atoms with Gasteiger partial charge in [0.15, 0.2) is 0 Å². The van der Waals surface area contributed by atoms with Gasteiger partial charge in [-0.1, -0.05) is 24.4 Å². The number of nitrogens with two attached hydrogens (primary N) is 1. The van der Waals surface area contributed by atoms with E-state index in [1.165, 1.54) is 6.07 Å². The van der Waals surface area contributed by atoms with Crippen molar-refractivity contribution in [1.29, 1.82) is 0 Å². The zero-order valence-corrected chi connectivity index (χ0v) is 12.6. The molecule has 0 aliphatic rings. The summed E-state index contributed by atoms with van der Waals surface area (Å²) in [5, 5.41) is 0.114. The van der Waals surface area contributed by atoms with Crippen LogP contribution in [0.25, 0.3) is 0 Å². The maximum Gasteiger partial charge on any atom is 0.246 e. The Morgan fingerprint density at radius 3 is 2.65 bits per heavy atom. The smallest absolute Gasteiger partial charge is 0.246 e. The van der Waals surface area contributed by atoms with Crippen LogP contribution in [-0.4, -0.2) is 25.8 Å². The number of benzene rings is 1. The van der Waals surface area contributed by atoms with E-state index in [4.69, 9.17) is 23.8 Å². The van der Waals surface area contributed by atoms with Crippen molar-refractivity contribution in [2.45, 2.75) is 24.8 Å². The second-order valence-corrected chi connectivity index (χ2v) is 6.47. The second kappa shape index (κ2) is 7.04. The average molecular weight is 319 g/mol. The second-order valence-electron chi connectivity index (χ2n) is 4.12. The van der Waals surface area contributed by atoms with Gasteiger partial charge in [0.05, 0.1) is 6.54 Å². The molecule has 1 aromatic rings. The van der Waals surface area contributed by atoms with Crippen molar-refractivity contribution in [1.82, 2.24) is 4.31 Å². The molecule has 0 amide bonds. The Morgan fingerprint density at radius 1 is 1.50 bits per heavy atom. The molecule has 0 saturated carbocycles. The first-order valence-corrected chi connectivity index (χ1v) is 7.81. The summed E-state index contributed by atoms with van der Waals surface area (Å²) in [5.41, 5.74) is 5.44. The first kappa shape index (κ1) is 16.9. The summed E-state index contributed by atoms with van der Waals surface area (Å²) in [7, 11) is -4.04. The zero-order valence-electron chi connectivity index (χ0n) is 11.1. The molecule has 0 aromatic heterocycles. The highest BCUT2D eigenvalue weighted by Gasteiger charge is 2.28. The van der Waals surface area contributed by atoms with Crippen LogP contribution in [0.1, 0.15) is 18.9 Å². The number of nitrogens with zero attached hydrogens (tertiary/aromatic N) is 1. The third-order valence-corrected chi connectivity index (χ3v) is 4.72. The van der Waals surface area contributed by atoms with Gasteiger partial charge in [-0.15, -0.1) is 6.42 Å². The van der Waals surface area contributed by atoms with Gasteiger partial charge >= 0.3 is 0 Å². The van der Waals surface area contributed by atoms with Crippen LogP contribution in [0, 0.1) is 18.2 Å². The van der Waals surface area contributed by atoms with Gasteiger partial charge in [-0.2, -0.15) is 4.31 Å². The predicted octanol–water partition coefficient (Wildman–Crippen LogP) is 1.97. The highest BCUT2D eigenvalue weighted by atomic mass is 35.5. The molecule has 0 aliphatic carbocycles. The third kappa shape index (κ3) is 3.49. The largest absolute Gasteiger partial charge is 0.326 e. The molecule has 2 N–H and O–H groups in total. The van der Waals surface area contributed by atoms with Crippen LogP contribution in [0.4, 0.5) is 4.39 Å². The van der Waals surface area contributed by atoms with Crippen molar-refractivity contribution in [2.24, 2.45) is 5.73 Å². The highest BCUT2D eigenvalue weighted by molar-refractivity contribution is 7.89. The lowest BCUT2D eigenvalue weighted by Gasteiger charge is -2.20. The molecular formula is C13H16ClFN2O2S. The summed E-state index contributed by atoms with van der Waals surface area (Å²) in [5.74, 6) is 1.38. The Balaban J connectivity index is 3.41. The minimum absolute atomic E-state index is 0.0493. The summed E-state index contributed by atoms with van der Waals surface area (Å²) in [6, 6.07) is 2.38. The van der Waals surface area contributed by atoms with E-state index in [-0.39, 0.29) is 30.2 Å². The van der Waals surface area contributed by atoms with Gasteiger partial charge in [-0.25, -0.2) is 12.8 Å². The van der Waals surface area contributed by atoms with Crippen LogP contribution in [0.5, 0.6) is 0 Å². The van der Waals surface area contributed by atoms with Gasteiger partial charge in [0.25, 0.3) is 0 Å². The summed E-state index contributed by atoms with van der Waals surface area (Å²) in [4.78, 5) is -0.492. The van der Waals surface area contributed by atoms with Crippen molar-refractivity contribution in [3.8, 4) is 12.3 Å². The van der Waals surface area contributed by atoms with Crippen LogP contribution in [0.15, 0.2) is 17.0 Å². The lowest BCUT2D eigenvalue weighted by molar-refractivity contribution is 0.440. The van der Waals surface area contributed by atoms with Gasteiger partial charge in [0.1, 0.15) is 10.7 Å². The van der Waals surface area contributed by atoms with Crippen LogP contribution in [-0.2, 0) is 16.6 Å². The summed E-state index contributed by atoms with van der Waals surface area (Å²) in [6.45, 7) is 1.74. The monoisotopic (exact) mass is 318 g/mol. The number of sulfonamides is 1. The van der Waals surface area contributed by atoms with E-state index in [2.05, 4.69) is 5.92 Å². The van der Waals surface area contributed by atoms with E-state index < -0.39 is 20.7 Å². The van der Waals surface area contributed by atoms with Gasteiger partial charge in [-0.05, 0) is 18.6 Å². The summed E-state index contributed by atoms with van der Waals surface area (Å²) < 4.78 is 40.1. The third-order valence-electron chi connectivity index (χ3n) is 2.66. The van der Waals surface area contributed by atoms with Crippen molar-refractivity contribution in [3.05, 3.63) is 28.5 Å². The van der Waals surface area contributed by atoms with Gasteiger partial charge in [0, 0.05) is 23.7 Å². The van der Waals surface area contributed by atoms with Gasteiger partial charge in [-0.3, -0.25) is 0 Å². The molecule has 7 heteroatoms. The molecule has 20 heavy (non-hydrogen) atoms. The highest BCUT2D eigenvalue weighted by Crippen LogP contribution is 2.26. The van der Waals surface area contributed by atoms with Crippen LogP contribution in [0.2, 0.25) is 5.02 Å². The van der Waals surface area contributed by atoms with Crippen molar-refractivity contribution in [3.63, 3.8) is 0 Å². The predicted molar refractivity (Wildman–Crippen MR) is 77.2 cm³/mol. The fourth-order valence-corrected chi connectivity index (χ4v) is 3.61. The fourth-order valence-electron chi connectivity index (χ4n) is 1.73. The van der Waals surface area contributed by atoms with Gasteiger partial charge in [0.2, 0.25) is 10.0 Å². The Labute approximate surface area is 123 Å². The van der Waals surface area contributed by atoms with Crippen LogP contribution in [0.3, 0.4) is 0 Å². The standard InChI is InChI=1S/C13H16ClFN2O2S/c1-3-5-17(6-4-2)20(18,19)12-8-11(14)7-10(9-16)13(12)15/h1,7-8H,4-6,9,16H2,2H3. The van der Waals surface area contributed by atoms with E-state index in [1.54, 1.807) is 6.92 Å². The van der Waals surface area contributed by atoms with Crippen molar-refractivity contribution < 1.29 is 12.8 Å². The van der Waals surface area contributed by atoms with E-state index in [0.29, 0.717) is 6.42 Å². The lowest BCUT2D eigenvalue weighted by atomic mass is 10.2. The Hall–Kier alpha value is -1.13. The first-order valence-electron chi connectivity index (χ1n) is 6.00. The van der Waals surface area contributed by atoms with E-state index in [1.807, 2.05) is 0 Å². The molecule has 4 nitrogen and oxygen atoms in total. The molecule has 0 radical (unpaired) electrons.